The van der Waals surface area contributed by atoms with E-state index in [4.69, 9.17) is 0 Å². The van der Waals surface area contributed by atoms with Crippen LogP contribution in [-0.2, 0) is 0 Å². The Hall–Kier alpha value is -1.80. The molecule has 2 N–H and O–H groups in total. The Balaban J connectivity index is 2.39. The number of nitrogens with one attached hydrogen (secondary N) is 1. The number of nitrogens with zero attached hydrogens (tertiary/aromatic N) is 1. The molecule has 0 aliphatic rings. The van der Waals surface area contributed by atoms with Gasteiger partial charge in [-0.25, -0.2) is 9.18 Å². The third-order valence-corrected chi connectivity index (χ3v) is 3.57. The smallest absolute Gasteiger partial charge is 0.337 e. The number of anilines is 1. The number of carboxylic acid groups (broad SMARTS) is 1. The highest BCUT2D eigenvalue weighted by Gasteiger charge is 2.18. The van der Waals surface area contributed by atoms with Gasteiger partial charge in [0, 0.05) is 15.1 Å². The van der Waals surface area contributed by atoms with Gasteiger partial charge in [0.05, 0.1) is 23.0 Å². The quantitative estimate of drug-likeness (QED) is 0.797. The normalized spacial score (nSPS) is 10.2. The Morgan fingerprint density at radius 1 is 1.19 bits per heavy atom. The maximum atomic E-state index is 13.1. The van der Waals surface area contributed by atoms with E-state index in [1.807, 2.05) is 0 Å². The Labute approximate surface area is 135 Å². The molecule has 0 fully saturated rings. The Morgan fingerprint density at radius 2 is 1.90 bits per heavy atom. The fraction of sp³-hybridized carbons (Fsp3) is 0. The lowest BCUT2D eigenvalue weighted by Gasteiger charge is -2.11. The topological polar surface area (TPSA) is 79.3 Å². The summed E-state index contributed by atoms with van der Waals surface area (Å²) in [6, 6.07) is 3.95. The standard InChI is InChI=1S/C13H7Br2FN2O3/c14-7-2-9(13(20)21)11(10(15)3-7)18-12(19)6-1-8(16)5-17-4-6/h1-5H,(H,18,19)(H,20,21). The van der Waals surface area contributed by atoms with Gasteiger partial charge >= 0.3 is 5.97 Å². The number of benzene rings is 1. The minimum atomic E-state index is -1.20. The van der Waals surface area contributed by atoms with Crippen molar-refractivity contribution in [3.05, 3.63) is 56.5 Å². The van der Waals surface area contributed by atoms with E-state index < -0.39 is 17.7 Å². The first kappa shape index (κ1) is 15.6. The number of aromatic nitrogens is 1. The van der Waals surface area contributed by atoms with Crippen molar-refractivity contribution in [1.82, 2.24) is 4.98 Å². The van der Waals surface area contributed by atoms with Crippen molar-refractivity contribution < 1.29 is 19.1 Å². The van der Waals surface area contributed by atoms with Crippen LogP contribution in [0.5, 0.6) is 0 Å². The lowest BCUT2D eigenvalue weighted by Crippen LogP contribution is -2.16. The van der Waals surface area contributed by atoms with E-state index in [-0.39, 0.29) is 16.8 Å². The van der Waals surface area contributed by atoms with E-state index in [1.165, 1.54) is 12.3 Å². The van der Waals surface area contributed by atoms with Crippen molar-refractivity contribution in [2.45, 2.75) is 0 Å². The summed E-state index contributed by atoms with van der Waals surface area (Å²) in [5, 5.41) is 11.6. The Morgan fingerprint density at radius 3 is 2.52 bits per heavy atom. The van der Waals surface area contributed by atoms with Crippen molar-refractivity contribution in [3.63, 3.8) is 0 Å². The molecule has 0 bridgehead atoms. The van der Waals surface area contributed by atoms with E-state index >= 15 is 0 Å². The summed E-state index contributed by atoms with van der Waals surface area (Å²) in [6.07, 6.45) is 2.15. The average molecular weight is 418 g/mol. The van der Waals surface area contributed by atoms with Gasteiger partial charge in [-0.05, 0) is 34.1 Å². The van der Waals surface area contributed by atoms with Gasteiger partial charge in [0.25, 0.3) is 5.91 Å². The first-order valence-corrected chi connectivity index (χ1v) is 7.11. The second kappa shape index (κ2) is 6.31. The summed E-state index contributed by atoms with van der Waals surface area (Å²) in [5.74, 6) is -2.52. The van der Waals surface area contributed by atoms with E-state index in [0.29, 0.717) is 8.95 Å². The summed E-state index contributed by atoms with van der Waals surface area (Å²) in [5.41, 5.74) is -0.0323. The molecule has 1 amide bonds. The van der Waals surface area contributed by atoms with Crippen LogP contribution in [0.1, 0.15) is 20.7 Å². The molecule has 0 unspecified atom stereocenters. The fourth-order valence-corrected chi connectivity index (χ4v) is 2.92. The van der Waals surface area contributed by atoms with E-state index in [2.05, 4.69) is 42.2 Å². The number of amides is 1. The average Bonchev–Trinajstić information content (AvgIpc) is 2.41. The molecule has 108 valence electrons. The Kier molecular flexibility index (Phi) is 4.69. The molecule has 21 heavy (non-hydrogen) atoms. The van der Waals surface area contributed by atoms with Crippen molar-refractivity contribution in [3.8, 4) is 0 Å². The highest BCUT2D eigenvalue weighted by molar-refractivity contribution is 9.11. The van der Waals surface area contributed by atoms with Crippen molar-refractivity contribution >= 4 is 49.4 Å². The van der Waals surface area contributed by atoms with Gasteiger partial charge < -0.3 is 10.4 Å². The summed E-state index contributed by atoms with van der Waals surface area (Å²) in [4.78, 5) is 26.8. The minimum Gasteiger partial charge on any atom is -0.478 e. The summed E-state index contributed by atoms with van der Waals surface area (Å²) in [7, 11) is 0. The van der Waals surface area contributed by atoms with E-state index in [9.17, 15) is 19.1 Å². The van der Waals surface area contributed by atoms with E-state index in [1.54, 1.807) is 6.07 Å². The van der Waals surface area contributed by atoms with Gasteiger partial charge in [0.15, 0.2) is 0 Å². The summed E-state index contributed by atoms with van der Waals surface area (Å²) >= 11 is 6.35. The molecule has 0 atom stereocenters. The molecular formula is C13H7Br2FN2O3. The third-order valence-electron chi connectivity index (χ3n) is 2.49. The molecule has 1 aromatic carbocycles. The zero-order valence-electron chi connectivity index (χ0n) is 10.2. The maximum Gasteiger partial charge on any atom is 0.337 e. The number of hydrogen-bond donors (Lipinski definition) is 2. The first-order valence-electron chi connectivity index (χ1n) is 5.52. The maximum absolute atomic E-state index is 13.1. The number of halogens is 3. The van der Waals surface area contributed by atoms with Crippen LogP contribution in [0.25, 0.3) is 0 Å². The fourth-order valence-electron chi connectivity index (χ4n) is 1.59. The van der Waals surface area contributed by atoms with Gasteiger partial charge in [0.1, 0.15) is 5.82 Å². The lowest BCUT2D eigenvalue weighted by molar-refractivity contribution is 0.0698. The molecule has 0 aliphatic heterocycles. The zero-order valence-corrected chi connectivity index (χ0v) is 13.4. The highest BCUT2D eigenvalue weighted by atomic mass is 79.9. The predicted octanol–water partition coefficient (Wildman–Crippen LogP) is 3.70. The molecule has 5 nitrogen and oxygen atoms in total. The van der Waals surface area contributed by atoms with Crippen LogP contribution in [0, 0.1) is 5.82 Å². The Bertz CT molecular complexity index is 737. The molecule has 1 heterocycles. The van der Waals surface area contributed by atoms with Gasteiger partial charge in [0.2, 0.25) is 0 Å². The second-order valence-electron chi connectivity index (χ2n) is 3.96. The molecular weight excluding hydrogens is 411 g/mol. The second-order valence-corrected chi connectivity index (χ2v) is 5.73. The van der Waals surface area contributed by atoms with Crippen LogP contribution in [0.4, 0.5) is 10.1 Å². The number of carbonyl (C=O) groups is 2. The van der Waals surface area contributed by atoms with Crippen molar-refractivity contribution in [2.24, 2.45) is 0 Å². The van der Waals surface area contributed by atoms with Crippen LogP contribution < -0.4 is 5.32 Å². The summed E-state index contributed by atoms with van der Waals surface area (Å²) in [6.45, 7) is 0. The van der Waals surface area contributed by atoms with Crippen molar-refractivity contribution in [1.29, 1.82) is 0 Å². The first-order chi connectivity index (χ1) is 9.88. The zero-order chi connectivity index (χ0) is 15.6. The van der Waals surface area contributed by atoms with Crippen molar-refractivity contribution in [2.75, 3.05) is 5.32 Å². The number of rotatable bonds is 3. The van der Waals surface area contributed by atoms with Gasteiger partial charge in [-0.2, -0.15) is 0 Å². The van der Waals surface area contributed by atoms with Crippen LogP contribution >= 0.6 is 31.9 Å². The van der Waals surface area contributed by atoms with Crippen LogP contribution in [0.15, 0.2) is 39.5 Å². The van der Waals surface area contributed by atoms with Crippen LogP contribution in [0.2, 0.25) is 0 Å². The number of carboxylic acids is 1. The largest absolute Gasteiger partial charge is 0.478 e. The van der Waals surface area contributed by atoms with E-state index in [0.717, 1.165) is 12.3 Å². The molecule has 2 aromatic rings. The molecule has 0 saturated carbocycles. The molecule has 0 saturated heterocycles. The highest BCUT2D eigenvalue weighted by Crippen LogP contribution is 2.31. The molecule has 0 aliphatic carbocycles. The number of carbonyl (C=O) groups excluding carboxylic acids is 1. The number of hydrogen-bond acceptors (Lipinski definition) is 3. The molecule has 8 heteroatoms. The summed E-state index contributed by atoms with van der Waals surface area (Å²) < 4.78 is 14.0. The van der Waals surface area contributed by atoms with Gasteiger partial charge in [-0.1, -0.05) is 15.9 Å². The van der Waals surface area contributed by atoms with Gasteiger partial charge in [-0.3, -0.25) is 9.78 Å². The number of pyridine rings is 1. The predicted molar refractivity (Wildman–Crippen MR) is 80.9 cm³/mol. The minimum absolute atomic E-state index is 0.0128. The SMILES string of the molecule is O=C(Nc1c(Br)cc(Br)cc1C(=O)O)c1cncc(F)c1. The monoisotopic (exact) mass is 416 g/mol. The third kappa shape index (κ3) is 3.64. The van der Waals surface area contributed by atoms with Crippen LogP contribution in [0.3, 0.4) is 0 Å². The molecule has 2 rings (SSSR count). The van der Waals surface area contributed by atoms with Crippen LogP contribution in [-0.4, -0.2) is 22.0 Å². The molecule has 1 aromatic heterocycles. The number of aromatic carboxylic acids is 1. The lowest BCUT2D eigenvalue weighted by atomic mass is 10.1. The molecule has 0 spiro atoms. The van der Waals surface area contributed by atoms with Gasteiger partial charge in [-0.15, -0.1) is 0 Å². The molecule has 0 radical (unpaired) electrons.